The van der Waals surface area contributed by atoms with Crippen molar-refractivity contribution in [1.82, 2.24) is 15.1 Å². The van der Waals surface area contributed by atoms with Crippen LogP contribution in [-0.2, 0) is 19.4 Å². The summed E-state index contributed by atoms with van der Waals surface area (Å²) < 4.78 is 1.98. The molecule has 1 amide bonds. The van der Waals surface area contributed by atoms with Crippen LogP contribution in [0.3, 0.4) is 0 Å². The molecule has 0 spiro atoms. The fourth-order valence-electron chi connectivity index (χ4n) is 4.38. The predicted octanol–water partition coefficient (Wildman–Crippen LogP) is 6.68. The van der Waals surface area contributed by atoms with Gasteiger partial charge in [0.15, 0.2) is 0 Å². The summed E-state index contributed by atoms with van der Waals surface area (Å²) in [7, 11) is 0. The van der Waals surface area contributed by atoms with Gasteiger partial charge in [0, 0.05) is 12.1 Å². The van der Waals surface area contributed by atoms with Crippen molar-refractivity contribution < 1.29 is 4.79 Å². The van der Waals surface area contributed by atoms with E-state index in [1.165, 1.54) is 11.1 Å². The number of carbonyl (C=O) groups is 1. The van der Waals surface area contributed by atoms with Gasteiger partial charge in [-0.15, -0.1) is 0 Å². The lowest BCUT2D eigenvalue weighted by Gasteiger charge is -2.12. The van der Waals surface area contributed by atoms with Crippen LogP contribution in [0.2, 0.25) is 0 Å². The van der Waals surface area contributed by atoms with Gasteiger partial charge in [0.2, 0.25) is 0 Å². The molecule has 34 heavy (non-hydrogen) atoms. The lowest BCUT2D eigenvalue weighted by molar-refractivity contribution is 0.0950. The van der Waals surface area contributed by atoms with Crippen LogP contribution in [0.5, 0.6) is 0 Å². The number of amides is 1. The van der Waals surface area contributed by atoms with Crippen LogP contribution in [0.1, 0.15) is 59.4 Å². The molecule has 4 aromatic rings. The molecule has 0 unspecified atom stereocenters. The van der Waals surface area contributed by atoms with Crippen LogP contribution < -0.4 is 5.32 Å². The van der Waals surface area contributed by atoms with Gasteiger partial charge in [0.25, 0.3) is 5.91 Å². The Morgan fingerprint density at radius 2 is 1.62 bits per heavy atom. The van der Waals surface area contributed by atoms with Gasteiger partial charge in [-0.05, 0) is 48.6 Å². The van der Waals surface area contributed by atoms with E-state index in [0.717, 1.165) is 53.9 Å². The highest BCUT2D eigenvalue weighted by molar-refractivity contribution is 6.01. The monoisotopic (exact) mass is 451 g/mol. The van der Waals surface area contributed by atoms with E-state index in [0.29, 0.717) is 12.1 Å². The number of nitrogens with one attached hydrogen (secondary N) is 1. The van der Waals surface area contributed by atoms with Crippen molar-refractivity contribution in [1.29, 1.82) is 0 Å². The Kier molecular flexibility index (Phi) is 7.58. The molecule has 0 saturated heterocycles. The maximum atomic E-state index is 13.7. The van der Waals surface area contributed by atoms with Gasteiger partial charge >= 0.3 is 0 Å². The standard InChI is InChI=1S/C30H33N3O/c1-4-12-23-15-11-19-26(20-23)33-27(13-5-2)28(29(32-33)24-16-7-6-8-17-24)30(34)31-21-25-18-10-9-14-22(25)3/h6-11,14-20H,4-5,12-13,21H2,1-3H3,(H,31,34). The molecule has 174 valence electrons. The molecule has 0 saturated carbocycles. The first-order valence-electron chi connectivity index (χ1n) is 12.2. The van der Waals surface area contributed by atoms with E-state index in [1.54, 1.807) is 0 Å². The van der Waals surface area contributed by atoms with Crippen LogP contribution in [0.25, 0.3) is 16.9 Å². The lowest BCUT2D eigenvalue weighted by Crippen LogP contribution is -2.25. The highest BCUT2D eigenvalue weighted by atomic mass is 16.1. The number of nitrogens with zero attached hydrogens (tertiary/aromatic N) is 2. The van der Waals surface area contributed by atoms with E-state index in [1.807, 2.05) is 47.1 Å². The average Bonchev–Trinajstić information content (AvgIpc) is 3.24. The fourth-order valence-corrected chi connectivity index (χ4v) is 4.38. The Morgan fingerprint density at radius 3 is 2.35 bits per heavy atom. The SMILES string of the molecule is CCCc1cccc(-n2nc(-c3ccccc3)c(C(=O)NCc3ccccc3C)c2CCC)c1. The first-order valence-corrected chi connectivity index (χ1v) is 12.2. The Labute approximate surface area is 202 Å². The molecule has 0 fully saturated rings. The number of hydrogen-bond acceptors (Lipinski definition) is 2. The third-order valence-electron chi connectivity index (χ3n) is 6.14. The predicted molar refractivity (Wildman–Crippen MR) is 139 cm³/mol. The van der Waals surface area contributed by atoms with Crippen LogP contribution in [0, 0.1) is 6.92 Å². The van der Waals surface area contributed by atoms with Gasteiger partial charge in [-0.3, -0.25) is 4.79 Å². The first-order chi connectivity index (χ1) is 16.6. The topological polar surface area (TPSA) is 46.9 Å². The molecule has 1 heterocycles. The van der Waals surface area contributed by atoms with E-state index in [2.05, 4.69) is 62.5 Å². The van der Waals surface area contributed by atoms with Crippen molar-refractivity contribution >= 4 is 5.91 Å². The van der Waals surface area contributed by atoms with E-state index in [4.69, 9.17) is 5.10 Å². The van der Waals surface area contributed by atoms with Crippen molar-refractivity contribution in [2.45, 2.75) is 53.0 Å². The summed E-state index contributed by atoms with van der Waals surface area (Å²) in [5, 5.41) is 8.19. The summed E-state index contributed by atoms with van der Waals surface area (Å²) in [6, 6.07) is 26.7. The molecule has 4 rings (SSSR count). The van der Waals surface area contributed by atoms with Gasteiger partial charge in [-0.25, -0.2) is 4.68 Å². The second kappa shape index (κ2) is 11.0. The molecule has 1 N–H and O–H groups in total. The van der Waals surface area contributed by atoms with Crippen molar-refractivity contribution in [3.63, 3.8) is 0 Å². The van der Waals surface area contributed by atoms with Crippen molar-refractivity contribution in [2.75, 3.05) is 0 Å². The van der Waals surface area contributed by atoms with Crippen LogP contribution >= 0.6 is 0 Å². The number of aromatic nitrogens is 2. The molecular weight excluding hydrogens is 418 g/mol. The van der Waals surface area contributed by atoms with Gasteiger partial charge in [0.1, 0.15) is 5.69 Å². The number of rotatable bonds is 9. The minimum atomic E-state index is -0.0819. The largest absolute Gasteiger partial charge is 0.348 e. The molecule has 3 aromatic carbocycles. The Morgan fingerprint density at radius 1 is 0.882 bits per heavy atom. The summed E-state index contributed by atoms with van der Waals surface area (Å²) in [6.07, 6.45) is 3.80. The summed E-state index contributed by atoms with van der Waals surface area (Å²) in [5.41, 5.74) is 7.88. The Hall–Kier alpha value is -3.66. The van der Waals surface area contributed by atoms with E-state index < -0.39 is 0 Å². The van der Waals surface area contributed by atoms with E-state index in [9.17, 15) is 4.79 Å². The molecular formula is C30H33N3O. The second-order valence-electron chi connectivity index (χ2n) is 8.73. The van der Waals surface area contributed by atoms with Crippen molar-refractivity contribution in [3.05, 3.63) is 107 Å². The van der Waals surface area contributed by atoms with E-state index >= 15 is 0 Å². The van der Waals surface area contributed by atoms with Crippen LogP contribution in [-0.4, -0.2) is 15.7 Å². The molecule has 0 bridgehead atoms. The highest BCUT2D eigenvalue weighted by Gasteiger charge is 2.25. The molecule has 0 radical (unpaired) electrons. The molecule has 1 aromatic heterocycles. The zero-order valence-electron chi connectivity index (χ0n) is 20.3. The fraction of sp³-hybridized carbons (Fsp3) is 0.267. The molecule has 0 aliphatic carbocycles. The quantitative estimate of drug-likeness (QED) is 0.308. The zero-order chi connectivity index (χ0) is 23.9. The van der Waals surface area contributed by atoms with Gasteiger partial charge in [-0.2, -0.15) is 5.10 Å². The van der Waals surface area contributed by atoms with Crippen LogP contribution in [0.15, 0.2) is 78.9 Å². The van der Waals surface area contributed by atoms with Gasteiger partial charge in [-0.1, -0.05) is 93.4 Å². The zero-order valence-corrected chi connectivity index (χ0v) is 20.3. The summed E-state index contributed by atoms with van der Waals surface area (Å²) in [5.74, 6) is -0.0819. The minimum Gasteiger partial charge on any atom is -0.348 e. The minimum absolute atomic E-state index is 0.0819. The maximum Gasteiger partial charge on any atom is 0.255 e. The highest BCUT2D eigenvalue weighted by Crippen LogP contribution is 2.29. The molecule has 0 atom stereocenters. The molecule has 4 heteroatoms. The van der Waals surface area contributed by atoms with E-state index in [-0.39, 0.29) is 5.91 Å². The van der Waals surface area contributed by atoms with Crippen molar-refractivity contribution in [2.24, 2.45) is 0 Å². The number of hydrogen-bond donors (Lipinski definition) is 1. The first kappa shape index (κ1) is 23.5. The molecule has 0 aliphatic heterocycles. The Balaban J connectivity index is 1.80. The third kappa shape index (κ3) is 5.12. The molecule has 0 aliphatic rings. The normalized spacial score (nSPS) is 10.9. The maximum absolute atomic E-state index is 13.7. The number of carbonyl (C=O) groups excluding carboxylic acids is 1. The third-order valence-corrected chi connectivity index (χ3v) is 6.14. The lowest BCUT2D eigenvalue weighted by atomic mass is 10.0. The second-order valence-corrected chi connectivity index (χ2v) is 8.73. The summed E-state index contributed by atoms with van der Waals surface area (Å²) in [4.78, 5) is 13.7. The summed E-state index contributed by atoms with van der Waals surface area (Å²) >= 11 is 0. The summed E-state index contributed by atoms with van der Waals surface area (Å²) in [6.45, 7) is 6.89. The van der Waals surface area contributed by atoms with Gasteiger partial charge < -0.3 is 5.32 Å². The van der Waals surface area contributed by atoms with Crippen molar-refractivity contribution in [3.8, 4) is 16.9 Å². The average molecular weight is 452 g/mol. The number of aryl methyl sites for hydroxylation is 2. The van der Waals surface area contributed by atoms with Crippen LogP contribution in [0.4, 0.5) is 0 Å². The smallest absolute Gasteiger partial charge is 0.255 e. The number of benzene rings is 3. The molecule has 4 nitrogen and oxygen atoms in total. The van der Waals surface area contributed by atoms with Gasteiger partial charge in [0.05, 0.1) is 16.9 Å². The Bertz CT molecular complexity index is 1260.